The van der Waals surface area contributed by atoms with Gasteiger partial charge in [-0.1, -0.05) is 72.3 Å². The number of hydrogen-bond acceptors (Lipinski definition) is 4. The van der Waals surface area contributed by atoms with Gasteiger partial charge in [-0.05, 0) is 48.4 Å². The van der Waals surface area contributed by atoms with Gasteiger partial charge in [-0.25, -0.2) is 4.98 Å². The SMILES string of the molecule is CC(=O)C(C(=O)NCc1ccccc1)C(Nc1ccc2ccccc2n1)c1ccc(Cl)cc1. The Hall–Kier alpha value is -3.70. The van der Waals surface area contributed by atoms with Gasteiger partial charge in [-0.2, -0.15) is 0 Å². The molecule has 4 rings (SSSR count). The standard InChI is InChI=1S/C27H24ClN3O2/c1-18(32)25(27(33)29-17-19-7-3-2-4-8-19)26(21-11-14-22(28)15-12-21)31-24-16-13-20-9-5-6-10-23(20)30-24/h2-16,25-26H,17H2,1H3,(H,29,33)(H,30,31). The molecule has 0 saturated heterocycles. The second-order valence-corrected chi connectivity index (χ2v) is 8.29. The number of nitrogens with one attached hydrogen (secondary N) is 2. The number of hydrogen-bond donors (Lipinski definition) is 2. The molecule has 0 saturated carbocycles. The van der Waals surface area contributed by atoms with Crippen molar-refractivity contribution in [3.8, 4) is 0 Å². The highest BCUT2D eigenvalue weighted by Crippen LogP contribution is 2.29. The Labute approximate surface area is 197 Å². The molecule has 6 heteroatoms. The molecule has 2 atom stereocenters. The number of Topliss-reactive ketones (excluding diaryl/α,β-unsaturated/α-hetero) is 1. The van der Waals surface area contributed by atoms with Gasteiger partial charge in [0.15, 0.2) is 0 Å². The van der Waals surface area contributed by atoms with E-state index in [9.17, 15) is 9.59 Å². The summed E-state index contributed by atoms with van der Waals surface area (Å²) in [7, 11) is 0. The Kier molecular flexibility index (Phi) is 7.01. The first kappa shape index (κ1) is 22.5. The molecule has 33 heavy (non-hydrogen) atoms. The highest BCUT2D eigenvalue weighted by atomic mass is 35.5. The van der Waals surface area contributed by atoms with E-state index in [4.69, 9.17) is 11.6 Å². The number of pyridine rings is 1. The molecule has 0 aliphatic rings. The smallest absolute Gasteiger partial charge is 0.233 e. The van der Waals surface area contributed by atoms with Crippen LogP contribution in [0.4, 0.5) is 5.82 Å². The molecule has 1 heterocycles. The zero-order chi connectivity index (χ0) is 23.2. The monoisotopic (exact) mass is 457 g/mol. The van der Waals surface area contributed by atoms with E-state index < -0.39 is 12.0 Å². The fourth-order valence-electron chi connectivity index (χ4n) is 3.80. The maximum absolute atomic E-state index is 13.2. The van der Waals surface area contributed by atoms with Gasteiger partial charge in [0.2, 0.25) is 5.91 Å². The zero-order valence-electron chi connectivity index (χ0n) is 18.2. The summed E-state index contributed by atoms with van der Waals surface area (Å²) in [6, 6.07) is 27.7. The van der Waals surface area contributed by atoms with Gasteiger partial charge in [0.1, 0.15) is 17.5 Å². The maximum atomic E-state index is 13.2. The largest absolute Gasteiger partial charge is 0.362 e. The van der Waals surface area contributed by atoms with E-state index >= 15 is 0 Å². The molecule has 3 aromatic carbocycles. The summed E-state index contributed by atoms with van der Waals surface area (Å²) < 4.78 is 0. The molecular formula is C27H24ClN3O2. The Morgan fingerprint density at radius 1 is 0.879 bits per heavy atom. The van der Waals surface area contributed by atoms with Crippen LogP contribution in [0.25, 0.3) is 10.9 Å². The number of carbonyl (C=O) groups excluding carboxylic acids is 2. The number of rotatable bonds is 8. The molecule has 0 aliphatic carbocycles. The first-order chi connectivity index (χ1) is 16.0. The van der Waals surface area contributed by atoms with E-state index in [1.165, 1.54) is 6.92 Å². The fourth-order valence-corrected chi connectivity index (χ4v) is 3.93. The average molecular weight is 458 g/mol. The lowest BCUT2D eigenvalue weighted by Gasteiger charge is -2.27. The van der Waals surface area contributed by atoms with E-state index in [1.807, 2.05) is 78.9 Å². The summed E-state index contributed by atoms with van der Waals surface area (Å²) in [6.45, 7) is 1.77. The number of anilines is 1. The van der Waals surface area contributed by atoms with Crippen molar-refractivity contribution in [1.29, 1.82) is 0 Å². The predicted molar refractivity (Wildman–Crippen MR) is 132 cm³/mol. The first-order valence-electron chi connectivity index (χ1n) is 10.7. The normalized spacial score (nSPS) is 12.7. The molecule has 0 bridgehead atoms. The molecule has 1 amide bonds. The van der Waals surface area contributed by atoms with Crippen LogP contribution < -0.4 is 10.6 Å². The number of benzene rings is 3. The van der Waals surface area contributed by atoms with Gasteiger partial charge in [-0.15, -0.1) is 0 Å². The van der Waals surface area contributed by atoms with Crippen molar-refractivity contribution >= 4 is 40.0 Å². The van der Waals surface area contributed by atoms with Gasteiger partial charge in [-0.3, -0.25) is 9.59 Å². The lowest BCUT2D eigenvalue weighted by molar-refractivity contribution is -0.133. The molecular weight excluding hydrogens is 434 g/mol. The van der Waals surface area contributed by atoms with Gasteiger partial charge < -0.3 is 10.6 Å². The van der Waals surface area contributed by atoms with Gasteiger partial charge >= 0.3 is 0 Å². The quantitative estimate of drug-likeness (QED) is 0.340. The topological polar surface area (TPSA) is 71.1 Å². The Morgan fingerprint density at radius 2 is 1.58 bits per heavy atom. The number of aromatic nitrogens is 1. The predicted octanol–water partition coefficient (Wildman–Crippen LogP) is 5.56. The second-order valence-electron chi connectivity index (χ2n) is 7.85. The van der Waals surface area contributed by atoms with Crippen molar-refractivity contribution in [3.05, 3.63) is 107 Å². The van der Waals surface area contributed by atoms with Gasteiger partial charge in [0, 0.05) is 17.0 Å². The van der Waals surface area contributed by atoms with Crippen LogP contribution in [0, 0.1) is 5.92 Å². The fraction of sp³-hybridized carbons (Fsp3) is 0.148. The Morgan fingerprint density at radius 3 is 2.30 bits per heavy atom. The summed E-state index contributed by atoms with van der Waals surface area (Å²) in [5, 5.41) is 7.83. The van der Waals surface area contributed by atoms with Crippen LogP contribution >= 0.6 is 11.6 Å². The van der Waals surface area contributed by atoms with Crippen LogP contribution in [-0.2, 0) is 16.1 Å². The van der Waals surface area contributed by atoms with Crippen molar-refractivity contribution in [2.24, 2.45) is 5.92 Å². The number of ketones is 1. The van der Waals surface area contributed by atoms with Crippen LogP contribution in [-0.4, -0.2) is 16.7 Å². The number of halogens is 1. The molecule has 1 aromatic heterocycles. The number of fused-ring (bicyclic) bond motifs is 1. The zero-order valence-corrected chi connectivity index (χ0v) is 18.9. The third kappa shape index (κ3) is 5.57. The maximum Gasteiger partial charge on any atom is 0.233 e. The number of nitrogens with zero attached hydrogens (tertiary/aromatic N) is 1. The number of amides is 1. The average Bonchev–Trinajstić information content (AvgIpc) is 2.83. The molecule has 5 nitrogen and oxygen atoms in total. The van der Waals surface area contributed by atoms with Crippen molar-refractivity contribution in [2.75, 3.05) is 5.32 Å². The third-order valence-electron chi connectivity index (χ3n) is 5.49. The summed E-state index contributed by atoms with van der Waals surface area (Å²) in [5.41, 5.74) is 2.55. The van der Waals surface area contributed by atoms with Crippen LogP contribution in [0.3, 0.4) is 0 Å². The van der Waals surface area contributed by atoms with Crippen molar-refractivity contribution < 1.29 is 9.59 Å². The highest BCUT2D eigenvalue weighted by Gasteiger charge is 2.34. The molecule has 0 radical (unpaired) electrons. The lowest BCUT2D eigenvalue weighted by Crippen LogP contribution is -2.40. The number of carbonyl (C=O) groups is 2. The van der Waals surface area contributed by atoms with Crippen LogP contribution in [0.15, 0.2) is 91.0 Å². The van der Waals surface area contributed by atoms with Crippen LogP contribution in [0.2, 0.25) is 5.02 Å². The van der Waals surface area contributed by atoms with Crippen LogP contribution in [0.1, 0.15) is 24.1 Å². The third-order valence-corrected chi connectivity index (χ3v) is 5.75. The summed E-state index contributed by atoms with van der Waals surface area (Å²) in [6.07, 6.45) is 0. The highest BCUT2D eigenvalue weighted by molar-refractivity contribution is 6.30. The summed E-state index contributed by atoms with van der Waals surface area (Å²) in [5.74, 6) is -0.965. The molecule has 0 spiro atoms. The molecule has 0 aliphatic heterocycles. The molecule has 0 fully saturated rings. The van der Waals surface area contributed by atoms with Gasteiger partial charge in [0.25, 0.3) is 0 Å². The van der Waals surface area contributed by atoms with Crippen molar-refractivity contribution in [1.82, 2.24) is 10.3 Å². The molecule has 2 unspecified atom stereocenters. The molecule has 4 aromatic rings. The summed E-state index contributed by atoms with van der Waals surface area (Å²) >= 11 is 6.09. The number of para-hydroxylation sites is 1. The second kappa shape index (κ2) is 10.3. The van der Waals surface area contributed by atoms with E-state index in [-0.39, 0.29) is 11.7 Å². The van der Waals surface area contributed by atoms with E-state index in [0.717, 1.165) is 22.0 Å². The summed E-state index contributed by atoms with van der Waals surface area (Å²) in [4.78, 5) is 30.6. The van der Waals surface area contributed by atoms with Gasteiger partial charge in [0.05, 0.1) is 11.6 Å². The molecule has 166 valence electrons. The minimum absolute atomic E-state index is 0.242. The van der Waals surface area contributed by atoms with E-state index in [0.29, 0.717) is 17.4 Å². The van der Waals surface area contributed by atoms with E-state index in [1.54, 1.807) is 12.1 Å². The van der Waals surface area contributed by atoms with Crippen molar-refractivity contribution in [2.45, 2.75) is 19.5 Å². The minimum atomic E-state index is -0.955. The Bertz CT molecular complexity index is 1260. The van der Waals surface area contributed by atoms with Crippen LogP contribution in [0.5, 0.6) is 0 Å². The van der Waals surface area contributed by atoms with E-state index in [2.05, 4.69) is 15.6 Å². The minimum Gasteiger partial charge on any atom is -0.362 e. The lowest BCUT2D eigenvalue weighted by atomic mass is 9.89. The first-order valence-corrected chi connectivity index (χ1v) is 11.1. The Balaban J connectivity index is 1.65. The van der Waals surface area contributed by atoms with Crippen molar-refractivity contribution in [3.63, 3.8) is 0 Å². The molecule has 2 N–H and O–H groups in total.